The van der Waals surface area contributed by atoms with Crippen molar-refractivity contribution >= 4 is 0 Å². The number of hydrogen-bond acceptors (Lipinski definition) is 5. The van der Waals surface area contributed by atoms with Gasteiger partial charge in [-0.2, -0.15) is 0 Å². The van der Waals surface area contributed by atoms with Crippen LogP contribution in [0.4, 0.5) is 0 Å². The summed E-state index contributed by atoms with van der Waals surface area (Å²) in [6.45, 7) is 8.40. The van der Waals surface area contributed by atoms with Gasteiger partial charge in [-0.25, -0.2) is 0 Å². The van der Waals surface area contributed by atoms with Gasteiger partial charge in [0.1, 0.15) is 6.61 Å². The molecule has 0 fully saturated rings. The van der Waals surface area contributed by atoms with Gasteiger partial charge in [0.25, 0.3) is 0 Å². The van der Waals surface area contributed by atoms with Crippen LogP contribution in [0.25, 0.3) is 0 Å². The molecule has 0 aliphatic rings. The Bertz CT molecular complexity index is 415. The Hall–Kier alpha value is -1.30. The van der Waals surface area contributed by atoms with Gasteiger partial charge in [0.05, 0.1) is 26.9 Å². The number of benzene rings is 1. The normalized spacial score (nSPS) is 11.5. The number of methoxy groups -OCH3 is 1. The van der Waals surface area contributed by atoms with Gasteiger partial charge in [0.15, 0.2) is 11.5 Å². The van der Waals surface area contributed by atoms with Crippen molar-refractivity contribution in [3.63, 3.8) is 0 Å². The third kappa shape index (κ3) is 7.32. The Kier molecular flexibility index (Phi) is 7.50. The molecular formula is C16H27NO4. The van der Waals surface area contributed by atoms with Crippen LogP contribution in [0.1, 0.15) is 26.3 Å². The molecule has 0 atom stereocenters. The van der Waals surface area contributed by atoms with Gasteiger partial charge in [-0.3, -0.25) is 0 Å². The Morgan fingerprint density at radius 1 is 1.10 bits per heavy atom. The first kappa shape index (κ1) is 17.8. The van der Waals surface area contributed by atoms with Gasteiger partial charge in [-0.05, 0) is 38.5 Å². The van der Waals surface area contributed by atoms with Crippen molar-refractivity contribution in [2.24, 2.45) is 0 Å². The van der Waals surface area contributed by atoms with Crippen molar-refractivity contribution < 1.29 is 19.3 Å². The average Bonchev–Trinajstić information content (AvgIpc) is 2.44. The monoisotopic (exact) mass is 297 g/mol. The summed E-state index contributed by atoms with van der Waals surface area (Å²) in [6.07, 6.45) is 0. The molecular weight excluding hydrogens is 270 g/mol. The molecule has 0 radical (unpaired) electrons. The van der Waals surface area contributed by atoms with Crippen molar-refractivity contribution in [3.05, 3.63) is 23.8 Å². The lowest BCUT2D eigenvalue weighted by atomic mass is 10.1. The van der Waals surface area contributed by atoms with Crippen LogP contribution in [0.2, 0.25) is 0 Å². The van der Waals surface area contributed by atoms with E-state index >= 15 is 0 Å². The fourth-order valence-corrected chi connectivity index (χ4v) is 1.69. The SMILES string of the molecule is COc1cc(CNC(C)(C)C)ccc1OCCOCCO. The highest BCUT2D eigenvalue weighted by Crippen LogP contribution is 2.28. The third-order valence-electron chi connectivity index (χ3n) is 2.77. The number of aliphatic hydroxyl groups is 1. The highest BCUT2D eigenvalue weighted by molar-refractivity contribution is 5.43. The quantitative estimate of drug-likeness (QED) is 0.682. The molecule has 5 heteroatoms. The number of rotatable bonds is 9. The highest BCUT2D eigenvalue weighted by atomic mass is 16.5. The van der Waals surface area contributed by atoms with E-state index in [1.54, 1.807) is 7.11 Å². The second-order valence-electron chi connectivity index (χ2n) is 5.77. The summed E-state index contributed by atoms with van der Waals surface area (Å²) in [4.78, 5) is 0. The van der Waals surface area contributed by atoms with Crippen LogP contribution in [-0.2, 0) is 11.3 Å². The molecule has 0 saturated carbocycles. The van der Waals surface area contributed by atoms with E-state index in [-0.39, 0.29) is 12.1 Å². The summed E-state index contributed by atoms with van der Waals surface area (Å²) in [5.74, 6) is 1.41. The molecule has 1 aromatic rings. The Labute approximate surface area is 127 Å². The maximum atomic E-state index is 8.61. The predicted molar refractivity (Wildman–Crippen MR) is 83.0 cm³/mol. The van der Waals surface area contributed by atoms with E-state index in [0.717, 1.165) is 12.1 Å². The fraction of sp³-hybridized carbons (Fsp3) is 0.625. The van der Waals surface area contributed by atoms with Gasteiger partial charge in [-0.1, -0.05) is 6.07 Å². The minimum Gasteiger partial charge on any atom is -0.493 e. The van der Waals surface area contributed by atoms with Crippen molar-refractivity contribution in [2.75, 3.05) is 33.5 Å². The largest absolute Gasteiger partial charge is 0.493 e. The lowest BCUT2D eigenvalue weighted by Gasteiger charge is -2.21. The molecule has 0 heterocycles. The summed E-state index contributed by atoms with van der Waals surface area (Å²) in [7, 11) is 1.63. The van der Waals surface area contributed by atoms with Crippen molar-refractivity contribution in [2.45, 2.75) is 32.9 Å². The molecule has 0 saturated heterocycles. The molecule has 0 amide bonds. The summed E-state index contributed by atoms with van der Waals surface area (Å²) in [6, 6.07) is 5.90. The molecule has 1 aromatic carbocycles. The Morgan fingerprint density at radius 2 is 1.86 bits per heavy atom. The Morgan fingerprint density at radius 3 is 2.48 bits per heavy atom. The van der Waals surface area contributed by atoms with E-state index in [2.05, 4.69) is 26.1 Å². The number of aliphatic hydroxyl groups excluding tert-OH is 1. The summed E-state index contributed by atoms with van der Waals surface area (Å²) in [5.41, 5.74) is 1.22. The van der Waals surface area contributed by atoms with Crippen molar-refractivity contribution in [1.29, 1.82) is 0 Å². The molecule has 0 aliphatic heterocycles. The zero-order chi connectivity index (χ0) is 15.7. The molecule has 5 nitrogen and oxygen atoms in total. The zero-order valence-corrected chi connectivity index (χ0v) is 13.4. The van der Waals surface area contributed by atoms with Crippen LogP contribution < -0.4 is 14.8 Å². The van der Waals surface area contributed by atoms with Gasteiger partial charge < -0.3 is 24.6 Å². The minimum absolute atomic E-state index is 0.0266. The van der Waals surface area contributed by atoms with Gasteiger partial charge in [-0.15, -0.1) is 0 Å². The van der Waals surface area contributed by atoms with E-state index in [9.17, 15) is 0 Å². The van der Waals surface area contributed by atoms with Crippen LogP contribution >= 0.6 is 0 Å². The molecule has 120 valence electrons. The zero-order valence-electron chi connectivity index (χ0n) is 13.4. The van der Waals surface area contributed by atoms with E-state index in [4.69, 9.17) is 19.3 Å². The van der Waals surface area contributed by atoms with E-state index < -0.39 is 0 Å². The van der Waals surface area contributed by atoms with Gasteiger partial charge in [0, 0.05) is 12.1 Å². The second kappa shape index (κ2) is 8.87. The third-order valence-corrected chi connectivity index (χ3v) is 2.77. The summed E-state index contributed by atoms with van der Waals surface area (Å²) >= 11 is 0. The van der Waals surface area contributed by atoms with Crippen LogP contribution in [0.15, 0.2) is 18.2 Å². The van der Waals surface area contributed by atoms with E-state index in [1.807, 2.05) is 18.2 Å². The maximum absolute atomic E-state index is 8.61. The second-order valence-corrected chi connectivity index (χ2v) is 5.77. The average molecular weight is 297 g/mol. The van der Waals surface area contributed by atoms with Gasteiger partial charge in [0.2, 0.25) is 0 Å². The van der Waals surface area contributed by atoms with Gasteiger partial charge >= 0.3 is 0 Å². The van der Waals surface area contributed by atoms with Crippen LogP contribution in [0, 0.1) is 0 Å². The van der Waals surface area contributed by atoms with E-state index in [0.29, 0.717) is 31.3 Å². The lowest BCUT2D eigenvalue weighted by molar-refractivity contribution is 0.0699. The standard InChI is InChI=1S/C16H27NO4/c1-16(2,3)17-12-13-5-6-14(15(11-13)19-4)21-10-9-20-8-7-18/h5-6,11,17-18H,7-10,12H2,1-4H3. The maximum Gasteiger partial charge on any atom is 0.161 e. The molecule has 0 unspecified atom stereocenters. The molecule has 0 bridgehead atoms. The topological polar surface area (TPSA) is 60.0 Å². The smallest absolute Gasteiger partial charge is 0.161 e. The predicted octanol–water partition coefficient (Wildman–Crippen LogP) is 1.97. The number of nitrogens with one attached hydrogen (secondary N) is 1. The Balaban J connectivity index is 2.53. The molecule has 0 aliphatic carbocycles. The van der Waals surface area contributed by atoms with Crippen molar-refractivity contribution in [3.8, 4) is 11.5 Å². The molecule has 2 N–H and O–H groups in total. The van der Waals surface area contributed by atoms with Crippen LogP contribution in [-0.4, -0.2) is 44.2 Å². The molecule has 0 aromatic heterocycles. The highest BCUT2D eigenvalue weighted by Gasteiger charge is 2.10. The summed E-state index contributed by atoms with van der Waals surface area (Å²) < 4.78 is 16.1. The number of ether oxygens (including phenoxy) is 3. The van der Waals surface area contributed by atoms with Crippen LogP contribution in [0.3, 0.4) is 0 Å². The molecule has 0 spiro atoms. The first-order valence-electron chi connectivity index (χ1n) is 7.19. The van der Waals surface area contributed by atoms with Crippen molar-refractivity contribution in [1.82, 2.24) is 5.32 Å². The first-order valence-corrected chi connectivity index (χ1v) is 7.19. The minimum atomic E-state index is 0.0266. The molecule has 21 heavy (non-hydrogen) atoms. The number of hydrogen-bond donors (Lipinski definition) is 2. The lowest BCUT2D eigenvalue weighted by Crippen LogP contribution is -2.35. The first-order chi connectivity index (χ1) is 9.96. The fourth-order valence-electron chi connectivity index (χ4n) is 1.69. The van der Waals surface area contributed by atoms with E-state index in [1.165, 1.54) is 0 Å². The summed E-state index contributed by atoms with van der Waals surface area (Å²) in [5, 5.41) is 12.0. The van der Waals surface area contributed by atoms with Crippen LogP contribution in [0.5, 0.6) is 11.5 Å². The molecule has 1 rings (SSSR count).